The van der Waals surface area contributed by atoms with E-state index in [1.54, 1.807) is 17.9 Å². The lowest BCUT2D eigenvalue weighted by atomic mass is 10.2. The number of sulfonamides is 1. The number of nitrogens with one attached hydrogen (secondary N) is 1. The van der Waals surface area contributed by atoms with Gasteiger partial charge < -0.3 is 5.73 Å². The summed E-state index contributed by atoms with van der Waals surface area (Å²) in [6, 6.07) is 3.48. The Hall–Kier alpha value is -1.93. The first-order valence-corrected chi connectivity index (χ1v) is 7.88. The molecule has 6 nitrogen and oxygen atoms in total. The Kier molecular flexibility index (Phi) is 4.29. The maximum atomic E-state index is 13.7. The molecule has 0 bridgehead atoms. The summed E-state index contributed by atoms with van der Waals surface area (Å²) in [4.78, 5) is -0.418. The summed E-state index contributed by atoms with van der Waals surface area (Å²) < 4.78 is 42.0. The van der Waals surface area contributed by atoms with Crippen LogP contribution in [0, 0.1) is 5.82 Å². The van der Waals surface area contributed by atoms with E-state index in [0.717, 1.165) is 23.4 Å². The Morgan fingerprint density at radius 1 is 1.43 bits per heavy atom. The van der Waals surface area contributed by atoms with Crippen molar-refractivity contribution in [3.63, 3.8) is 0 Å². The van der Waals surface area contributed by atoms with Crippen molar-refractivity contribution in [1.82, 2.24) is 14.5 Å². The normalized spacial score (nSPS) is 11.8. The highest BCUT2D eigenvalue weighted by molar-refractivity contribution is 7.89. The molecule has 114 valence electrons. The molecule has 0 saturated carbocycles. The number of nitrogens with zero attached hydrogens (tertiary/aromatic N) is 2. The van der Waals surface area contributed by atoms with Crippen LogP contribution in [0.25, 0.3) is 0 Å². The van der Waals surface area contributed by atoms with Gasteiger partial charge in [-0.1, -0.05) is 6.92 Å². The van der Waals surface area contributed by atoms with Crippen molar-refractivity contribution in [2.75, 3.05) is 5.73 Å². The third-order valence-electron chi connectivity index (χ3n) is 3.02. The van der Waals surface area contributed by atoms with E-state index in [2.05, 4.69) is 9.82 Å². The number of nitrogens with two attached hydrogens (primary N) is 1. The fourth-order valence-electron chi connectivity index (χ4n) is 2.01. The van der Waals surface area contributed by atoms with Crippen LogP contribution in [0.2, 0.25) is 0 Å². The first kappa shape index (κ1) is 15.5. The molecule has 1 aromatic carbocycles. The molecule has 1 heterocycles. The second-order valence-corrected chi connectivity index (χ2v) is 6.38. The lowest BCUT2D eigenvalue weighted by Crippen LogP contribution is -2.24. The molecule has 0 radical (unpaired) electrons. The van der Waals surface area contributed by atoms with E-state index in [0.29, 0.717) is 6.42 Å². The minimum atomic E-state index is -3.94. The Bertz CT molecular complexity index is 756. The van der Waals surface area contributed by atoms with Crippen LogP contribution in [0.1, 0.15) is 18.2 Å². The van der Waals surface area contributed by atoms with E-state index in [9.17, 15) is 12.8 Å². The van der Waals surface area contributed by atoms with Gasteiger partial charge in [-0.25, -0.2) is 17.5 Å². The Morgan fingerprint density at radius 2 is 2.14 bits per heavy atom. The van der Waals surface area contributed by atoms with Crippen LogP contribution in [0.5, 0.6) is 0 Å². The van der Waals surface area contributed by atoms with Crippen LogP contribution >= 0.6 is 0 Å². The molecule has 0 aliphatic rings. The van der Waals surface area contributed by atoms with Crippen LogP contribution in [0.15, 0.2) is 29.3 Å². The first-order valence-electron chi connectivity index (χ1n) is 6.39. The van der Waals surface area contributed by atoms with E-state index < -0.39 is 20.7 Å². The van der Waals surface area contributed by atoms with Crippen molar-refractivity contribution in [1.29, 1.82) is 0 Å². The van der Waals surface area contributed by atoms with Crippen molar-refractivity contribution >= 4 is 15.7 Å². The summed E-state index contributed by atoms with van der Waals surface area (Å²) in [6.45, 7) is 1.99. The topological polar surface area (TPSA) is 90.0 Å². The van der Waals surface area contributed by atoms with Crippen LogP contribution in [0.4, 0.5) is 10.1 Å². The average molecular weight is 312 g/mol. The van der Waals surface area contributed by atoms with Crippen LogP contribution in [0.3, 0.4) is 0 Å². The predicted octanol–water partition coefficient (Wildman–Crippen LogP) is 1.18. The molecule has 0 amide bonds. The average Bonchev–Trinajstić information content (AvgIpc) is 2.76. The molecule has 2 aromatic rings. The molecule has 21 heavy (non-hydrogen) atoms. The SMILES string of the molecule is CCc1nn(C)cc1CNS(=O)(=O)c1ccc(N)cc1F. The van der Waals surface area contributed by atoms with Gasteiger partial charge in [0.1, 0.15) is 10.7 Å². The monoisotopic (exact) mass is 312 g/mol. The first-order chi connectivity index (χ1) is 9.83. The third-order valence-corrected chi connectivity index (χ3v) is 4.46. The van der Waals surface area contributed by atoms with Crippen molar-refractivity contribution < 1.29 is 12.8 Å². The molecule has 0 spiro atoms. The van der Waals surface area contributed by atoms with Crippen LogP contribution in [-0.2, 0) is 30.0 Å². The van der Waals surface area contributed by atoms with Gasteiger partial charge in [0.15, 0.2) is 0 Å². The molecule has 0 aliphatic carbocycles. The van der Waals surface area contributed by atoms with Crippen LogP contribution in [-0.4, -0.2) is 18.2 Å². The van der Waals surface area contributed by atoms with Gasteiger partial charge in [0.25, 0.3) is 0 Å². The summed E-state index contributed by atoms with van der Waals surface area (Å²) in [5.41, 5.74) is 7.15. The molecular formula is C13H17FN4O2S. The third kappa shape index (κ3) is 3.40. The molecule has 0 fully saturated rings. The second-order valence-electron chi connectivity index (χ2n) is 4.64. The Labute approximate surface area is 122 Å². The molecule has 0 atom stereocenters. The number of benzene rings is 1. The number of hydrogen-bond donors (Lipinski definition) is 2. The van der Waals surface area contributed by atoms with E-state index in [1.165, 1.54) is 6.07 Å². The number of aromatic nitrogens is 2. The Morgan fingerprint density at radius 3 is 2.76 bits per heavy atom. The van der Waals surface area contributed by atoms with Crippen LogP contribution < -0.4 is 10.5 Å². The second kappa shape index (κ2) is 5.82. The maximum absolute atomic E-state index is 13.7. The van der Waals surface area contributed by atoms with Gasteiger partial charge >= 0.3 is 0 Å². The molecule has 2 rings (SSSR count). The van der Waals surface area contributed by atoms with Gasteiger partial charge in [-0.2, -0.15) is 5.10 Å². The van der Waals surface area contributed by atoms with Gasteiger partial charge in [0.05, 0.1) is 5.69 Å². The van der Waals surface area contributed by atoms with E-state index in [1.807, 2.05) is 6.92 Å². The zero-order chi connectivity index (χ0) is 15.6. The van der Waals surface area contributed by atoms with Crippen molar-refractivity contribution in [2.24, 2.45) is 7.05 Å². The lowest BCUT2D eigenvalue weighted by Gasteiger charge is -2.08. The Balaban J connectivity index is 2.21. The molecule has 8 heteroatoms. The van der Waals surface area contributed by atoms with Gasteiger partial charge in [-0.05, 0) is 24.6 Å². The zero-order valence-electron chi connectivity index (χ0n) is 11.8. The fraction of sp³-hybridized carbons (Fsp3) is 0.308. The zero-order valence-corrected chi connectivity index (χ0v) is 12.6. The van der Waals surface area contributed by atoms with Gasteiger partial charge in [0, 0.05) is 31.0 Å². The van der Waals surface area contributed by atoms with Gasteiger partial charge in [-0.3, -0.25) is 4.68 Å². The van der Waals surface area contributed by atoms with Crippen molar-refractivity contribution in [2.45, 2.75) is 24.8 Å². The molecular weight excluding hydrogens is 295 g/mol. The quantitative estimate of drug-likeness (QED) is 0.811. The number of rotatable bonds is 5. The lowest BCUT2D eigenvalue weighted by molar-refractivity contribution is 0.557. The van der Waals surface area contributed by atoms with E-state index in [-0.39, 0.29) is 12.2 Å². The van der Waals surface area contributed by atoms with Crippen molar-refractivity contribution in [3.8, 4) is 0 Å². The number of nitrogen functional groups attached to an aromatic ring is 1. The highest BCUT2D eigenvalue weighted by atomic mass is 32.2. The summed E-state index contributed by atoms with van der Waals surface area (Å²) in [5.74, 6) is -0.871. The van der Waals surface area contributed by atoms with Gasteiger partial charge in [-0.15, -0.1) is 0 Å². The molecule has 3 N–H and O–H groups in total. The van der Waals surface area contributed by atoms with Gasteiger partial charge in [0.2, 0.25) is 10.0 Å². The van der Waals surface area contributed by atoms with E-state index >= 15 is 0 Å². The largest absolute Gasteiger partial charge is 0.399 e. The maximum Gasteiger partial charge on any atom is 0.243 e. The number of aryl methyl sites for hydroxylation is 2. The predicted molar refractivity (Wildman–Crippen MR) is 77.4 cm³/mol. The summed E-state index contributed by atoms with van der Waals surface area (Å²) in [6.07, 6.45) is 2.43. The summed E-state index contributed by atoms with van der Waals surface area (Å²) in [5, 5.41) is 4.22. The smallest absolute Gasteiger partial charge is 0.243 e. The number of hydrogen-bond acceptors (Lipinski definition) is 4. The molecule has 1 aromatic heterocycles. The minimum absolute atomic E-state index is 0.0587. The number of anilines is 1. The standard InChI is InChI=1S/C13H17FN4O2S/c1-3-12-9(8-18(2)17-12)7-16-21(19,20)13-5-4-10(15)6-11(13)14/h4-6,8,16H,3,7,15H2,1-2H3. The summed E-state index contributed by atoms with van der Waals surface area (Å²) >= 11 is 0. The molecule has 0 unspecified atom stereocenters. The summed E-state index contributed by atoms with van der Waals surface area (Å²) in [7, 11) is -2.18. The highest BCUT2D eigenvalue weighted by Crippen LogP contribution is 2.17. The highest BCUT2D eigenvalue weighted by Gasteiger charge is 2.19. The van der Waals surface area contributed by atoms with E-state index in [4.69, 9.17) is 5.73 Å². The number of halogens is 1. The van der Waals surface area contributed by atoms with Crippen molar-refractivity contribution in [3.05, 3.63) is 41.5 Å². The fourth-order valence-corrected chi connectivity index (χ4v) is 3.08. The molecule has 0 aliphatic heterocycles. The molecule has 0 saturated heterocycles. The minimum Gasteiger partial charge on any atom is -0.399 e.